The van der Waals surface area contributed by atoms with E-state index in [1.54, 1.807) is 37.6 Å². The fourth-order valence-electron chi connectivity index (χ4n) is 1.10. The average Bonchev–Trinajstić information content (AvgIpc) is 2.13. The zero-order valence-electron chi connectivity index (χ0n) is 8.92. The summed E-state index contributed by atoms with van der Waals surface area (Å²) in [6.45, 7) is 3.29. The van der Waals surface area contributed by atoms with Gasteiger partial charge in [0.2, 0.25) is 0 Å². The Morgan fingerprint density at radius 2 is 1.69 bits per heavy atom. The van der Waals surface area contributed by atoms with E-state index in [0.29, 0.717) is 16.3 Å². The van der Waals surface area contributed by atoms with E-state index in [1.807, 2.05) is 0 Å². The van der Waals surface area contributed by atoms with Crippen molar-refractivity contribution < 1.29 is 16.9 Å². The molecular weight excluding hydrogens is 250 g/mol. The van der Waals surface area contributed by atoms with Gasteiger partial charge >= 0.3 is 10.2 Å². The topological polar surface area (TPSA) is 51.2 Å². The second kappa shape index (κ2) is 4.52. The highest BCUT2D eigenvalue weighted by Crippen LogP contribution is 2.34. The van der Waals surface area contributed by atoms with E-state index in [2.05, 4.69) is 0 Å². The minimum Gasteiger partial charge on any atom is -0.319 e. The van der Waals surface area contributed by atoms with Gasteiger partial charge in [0.1, 0.15) is 7.14 Å². The van der Waals surface area contributed by atoms with Crippen molar-refractivity contribution >= 4 is 28.7 Å². The second-order valence-electron chi connectivity index (χ2n) is 3.72. The Morgan fingerprint density at radius 3 is 2.06 bits per heavy atom. The lowest BCUT2D eigenvalue weighted by molar-refractivity contribution is 0.563. The molecule has 1 aromatic rings. The Balaban J connectivity index is 2.97. The Morgan fingerprint density at radius 1 is 1.19 bits per heavy atom. The van der Waals surface area contributed by atoms with Gasteiger partial charge in [0.05, 0.1) is 5.41 Å². The zero-order chi connectivity index (χ0) is 12.4. The van der Waals surface area contributed by atoms with Crippen LogP contribution in [-0.4, -0.2) is 21.7 Å². The highest BCUT2D eigenvalue weighted by Gasteiger charge is 2.09. The summed E-state index contributed by atoms with van der Waals surface area (Å²) < 4.78 is 44.3. The van der Waals surface area contributed by atoms with Gasteiger partial charge in [0.15, 0.2) is 0 Å². The van der Waals surface area contributed by atoms with Gasteiger partial charge in [-0.25, -0.2) is 0 Å². The van der Waals surface area contributed by atoms with Crippen LogP contribution in [0.3, 0.4) is 0 Å². The highest BCUT2D eigenvalue weighted by atomic mass is 32.3. The number of halogens is 1. The van der Waals surface area contributed by atoms with E-state index < -0.39 is 17.4 Å². The summed E-state index contributed by atoms with van der Waals surface area (Å²) >= 11 is 0. The maximum absolute atomic E-state index is 12.2. The summed E-state index contributed by atoms with van der Waals surface area (Å²) in [7, 11) is -6.90. The van der Waals surface area contributed by atoms with Gasteiger partial charge in [0, 0.05) is 5.30 Å². The van der Waals surface area contributed by atoms with E-state index >= 15 is 0 Å². The lowest BCUT2D eigenvalue weighted by atomic mass is 10.2. The highest BCUT2D eigenvalue weighted by molar-refractivity contribution is 7.89. The van der Waals surface area contributed by atoms with Crippen LogP contribution in [0.4, 0.5) is 3.89 Å². The molecule has 0 spiro atoms. The first kappa shape index (κ1) is 13.1. The molecular formula is C10H12FO3PS. The molecule has 0 fully saturated rings. The van der Waals surface area contributed by atoms with Crippen LogP contribution in [0.15, 0.2) is 29.7 Å². The van der Waals surface area contributed by atoms with Gasteiger partial charge in [-0.3, -0.25) is 0 Å². The van der Waals surface area contributed by atoms with Crippen LogP contribution in [-0.2, 0) is 14.8 Å². The SMILES string of the molecule is CP(C)(=O)c1ccc(/C=C/S(=O)(=O)F)cc1. The fraction of sp³-hybridized carbons (Fsp3) is 0.200. The fourth-order valence-corrected chi connectivity index (χ4v) is 2.29. The number of benzene rings is 1. The maximum atomic E-state index is 12.2. The van der Waals surface area contributed by atoms with Gasteiger partial charge < -0.3 is 4.57 Å². The molecule has 16 heavy (non-hydrogen) atoms. The molecule has 88 valence electrons. The van der Waals surface area contributed by atoms with Gasteiger partial charge in [-0.1, -0.05) is 24.3 Å². The quantitative estimate of drug-likeness (QED) is 0.620. The van der Waals surface area contributed by atoms with Crippen molar-refractivity contribution in [3.8, 4) is 0 Å². The van der Waals surface area contributed by atoms with Crippen molar-refractivity contribution in [1.82, 2.24) is 0 Å². The summed E-state index contributed by atoms with van der Waals surface area (Å²) in [5, 5.41) is 1.19. The minimum atomic E-state index is -4.60. The predicted molar refractivity (Wildman–Crippen MR) is 64.6 cm³/mol. The Bertz CT molecular complexity index is 540. The molecule has 0 aliphatic rings. The molecule has 6 heteroatoms. The minimum absolute atomic E-state index is 0.486. The van der Waals surface area contributed by atoms with Crippen LogP contribution in [0.1, 0.15) is 5.56 Å². The van der Waals surface area contributed by atoms with Crippen molar-refractivity contribution in [1.29, 1.82) is 0 Å². The average molecular weight is 262 g/mol. The molecule has 0 atom stereocenters. The molecule has 0 aromatic heterocycles. The van der Waals surface area contributed by atoms with Gasteiger partial charge in [-0.15, -0.1) is 3.89 Å². The molecule has 0 saturated heterocycles. The number of hydrogen-bond donors (Lipinski definition) is 0. The van der Waals surface area contributed by atoms with E-state index in [9.17, 15) is 16.9 Å². The zero-order valence-corrected chi connectivity index (χ0v) is 10.6. The van der Waals surface area contributed by atoms with E-state index in [1.165, 1.54) is 0 Å². The van der Waals surface area contributed by atoms with Gasteiger partial charge in [-0.2, -0.15) is 8.42 Å². The first-order chi connectivity index (χ1) is 7.18. The van der Waals surface area contributed by atoms with Crippen molar-refractivity contribution in [3.63, 3.8) is 0 Å². The normalized spacial score (nSPS) is 13.2. The molecule has 0 amide bonds. The van der Waals surface area contributed by atoms with Gasteiger partial charge in [0.25, 0.3) is 0 Å². The molecule has 0 unspecified atom stereocenters. The first-order valence-corrected chi connectivity index (χ1v) is 8.52. The van der Waals surface area contributed by atoms with Crippen molar-refractivity contribution in [3.05, 3.63) is 35.2 Å². The molecule has 0 heterocycles. The van der Waals surface area contributed by atoms with Crippen LogP contribution in [0.5, 0.6) is 0 Å². The van der Waals surface area contributed by atoms with Crippen LogP contribution in [0.2, 0.25) is 0 Å². The largest absolute Gasteiger partial charge is 0.325 e. The molecule has 0 radical (unpaired) electrons. The van der Waals surface area contributed by atoms with Crippen LogP contribution >= 0.6 is 7.14 Å². The summed E-state index contributed by atoms with van der Waals surface area (Å²) in [4.78, 5) is 0. The lowest BCUT2D eigenvalue weighted by Gasteiger charge is -2.06. The Kier molecular flexibility index (Phi) is 3.71. The summed E-state index contributed by atoms with van der Waals surface area (Å²) in [6, 6.07) is 6.48. The molecule has 0 bridgehead atoms. The van der Waals surface area contributed by atoms with Crippen molar-refractivity contribution in [2.75, 3.05) is 13.3 Å². The molecule has 1 rings (SSSR count). The molecule has 0 saturated carbocycles. The number of hydrogen-bond acceptors (Lipinski definition) is 3. The van der Waals surface area contributed by atoms with Crippen LogP contribution in [0.25, 0.3) is 6.08 Å². The van der Waals surface area contributed by atoms with Crippen molar-refractivity contribution in [2.45, 2.75) is 0 Å². The molecule has 1 aromatic carbocycles. The third-order valence-corrected chi connectivity index (χ3v) is 3.94. The Hall–Kier alpha value is -0.930. The summed E-state index contributed by atoms with van der Waals surface area (Å²) in [5.74, 6) is 0. The molecule has 0 aliphatic carbocycles. The smallest absolute Gasteiger partial charge is 0.319 e. The van der Waals surface area contributed by atoms with E-state index in [0.717, 1.165) is 6.08 Å². The first-order valence-electron chi connectivity index (χ1n) is 4.47. The summed E-state index contributed by atoms with van der Waals surface area (Å²) in [5.41, 5.74) is 0.540. The molecule has 3 nitrogen and oxygen atoms in total. The van der Waals surface area contributed by atoms with E-state index in [-0.39, 0.29) is 0 Å². The third-order valence-electron chi connectivity index (χ3n) is 1.94. The van der Waals surface area contributed by atoms with Crippen molar-refractivity contribution in [2.24, 2.45) is 0 Å². The lowest BCUT2D eigenvalue weighted by Crippen LogP contribution is -2.01. The standard InChI is InChI=1S/C10H12FO3PS/c1-15(2,12)10-5-3-9(4-6-10)7-8-16(11,13)14/h3-8H,1-2H3/b8-7+. The van der Waals surface area contributed by atoms with Gasteiger partial charge in [-0.05, 0) is 25.0 Å². The summed E-state index contributed by atoms with van der Waals surface area (Å²) in [6.07, 6.45) is 1.15. The monoisotopic (exact) mass is 262 g/mol. The van der Waals surface area contributed by atoms with E-state index in [4.69, 9.17) is 0 Å². The van der Waals surface area contributed by atoms with Crippen LogP contribution < -0.4 is 5.30 Å². The molecule has 0 N–H and O–H groups in total. The Labute approximate surface area is 94.6 Å². The molecule has 0 aliphatic heterocycles. The number of rotatable bonds is 3. The van der Waals surface area contributed by atoms with Crippen LogP contribution in [0, 0.1) is 0 Å². The predicted octanol–water partition coefficient (Wildman–Crippen LogP) is 2.20. The third kappa shape index (κ3) is 4.29. The second-order valence-corrected chi connectivity index (χ2v) is 8.16. The maximum Gasteiger partial charge on any atom is 0.325 e.